The Kier molecular flexibility index (Phi) is 8.53. The third-order valence-electron chi connectivity index (χ3n) is 2.57. The van der Waals surface area contributed by atoms with Crippen molar-refractivity contribution in [3.05, 3.63) is 18.2 Å². The summed E-state index contributed by atoms with van der Waals surface area (Å²) >= 11 is 0. The average Bonchev–Trinajstić information content (AvgIpc) is 2.49. The molecule has 0 saturated heterocycles. The molecular weight excluding hydrogens is 262 g/mol. The summed E-state index contributed by atoms with van der Waals surface area (Å²) in [6, 6.07) is 5.48. The van der Waals surface area contributed by atoms with Gasteiger partial charge in [0.05, 0.1) is 34.0 Å². The first kappa shape index (κ1) is 16.6. The van der Waals surface area contributed by atoms with Crippen molar-refractivity contribution in [3.8, 4) is 17.2 Å². The van der Waals surface area contributed by atoms with Crippen molar-refractivity contribution < 1.29 is 24.1 Å². The quantitative estimate of drug-likeness (QED) is 0.583. The van der Waals surface area contributed by atoms with Crippen molar-refractivity contribution >= 4 is 0 Å². The molecule has 0 radical (unpaired) electrons. The Balaban J connectivity index is 2.27. The van der Waals surface area contributed by atoms with E-state index in [0.717, 1.165) is 0 Å². The Morgan fingerprint density at radius 3 is 2.30 bits per heavy atom. The molecule has 0 spiro atoms. The monoisotopic (exact) mass is 285 g/mol. The molecule has 0 fully saturated rings. The standard InChI is InChI=1S/C14H23NO5/c1-17-12-4-3-5-13(18-2)14(12)20-11-10-19-9-7-15-6-8-16/h3-5,15-16H,6-11H2,1-2H3. The first-order valence-corrected chi connectivity index (χ1v) is 6.56. The molecule has 0 heterocycles. The number of methoxy groups -OCH3 is 2. The molecule has 0 unspecified atom stereocenters. The Hall–Kier alpha value is -1.50. The van der Waals surface area contributed by atoms with Gasteiger partial charge in [0.15, 0.2) is 11.5 Å². The van der Waals surface area contributed by atoms with Crippen molar-refractivity contribution in [1.29, 1.82) is 0 Å². The molecule has 1 aromatic carbocycles. The number of rotatable bonds is 11. The van der Waals surface area contributed by atoms with Crippen LogP contribution in [0, 0.1) is 0 Å². The van der Waals surface area contributed by atoms with Gasteiger partial charge in [-0.3, -0.25) is 0 Å². The van der Waals surface area contributed by atoms with Gasteiger partial charge in [-0.2, -0.15) is 0 Å². The largest absolute Gasteiger partial charge is 0.493 e. The molecule has 1 rings (SSSR count). The van der Waals surface area contributed by atoms with E-state index in [1.807, 2.05) is 18.2 Å². The summed E-state index contributed by atoms with van der Waals surface area (Å²) < 4.78 is 21.5. The Morgan fingerprint density at radius 1 is 1.00 bits per heavy atom. The molecule has 0 amide bonds. The first-order valence-electron chi connectivity index (χ1n) is 6.56. The third kappa shape index (κ3) is 5.64. The van der Waals surface area contributed by atoms with Crippen LogP contribution in [0.4, 0.5) is 0 Å². The second-order valence-electron chi connectivity index (χ2n) is 3.93. The fourth-order valence-corrected chi connectivity index (χ4v) is 1.61. The molecule has 0 atom stereocenters. The molecule has 6 nitrogen and oxygen atoms in total. The van der Waals surface area contributed by atoms with Crippen LogP contribution >= 0.6 is 0 Å². The van der Waals surface area contributed by atoms with Gasteiger partial charge in [-0.05, 0) is 12.1 Å². The summed E-state index contributed by atoms with van der Waals surface area (Å²) in [5.74, 6) is 1.85. The minimum atomic E-state index is 0.136. The lowest BCUT2D eigenvalue weighted by Crippen LogP contribution is -2.23. The van der Waals surface area contributed by atoms with Gasteiger partial charge in [0.25, 0.3) is 0 Å². The maximum Gasteiger partial charge on any atom is 0.203 e. The van der Waals surface area contributed by atoms with Gasteiger partial charge in [-0.15, -0.1) is 0 Å². The summed E-state index contributed by atoms with van der Waals surface area (Å²) in [4.78, 5) is 0. The van der Waals surface area contributed by atoms with Crippen LogP contribution < -0.4 is 19.5 Å². The zero-order valence-corrected chi connectivity index (χ0v) is 12.1. The lowest BCUT2D eigenvalue weighted by Gasteiger charge is -2.14. The zero-order chi connectivity index (χ0) is 14.6. The van der Waals surface area contributed by atoms with Gasteiger partial charge in [-0.25, -0.2) is 0 Å². The summed E-state index contributed by atoms with van der Waals surface area (Å²) in [7, 11) is 3.18. The lowest BCUT2D eigenvalue weighted by atomic mass is 10.3. The fraction of sp³-hybridized carbons (Fsp3) is 0.571. The molecule has 0 aliphatic rings. The van der Waals surface area contributed by atoms with Gasteiger partial charge in [-0.1, -0.05) is 6.07 Å². The predicted octanol–water partition coefficient (Wildman–Crippen LogP) is 0.681. The molecule has 0 saturated carbocycles. The van der Waals surface area contributed by atoms with Crippen molar-refractivity contribution in [3.63, 3.8) is 0 Å². The van der Waals surface area contributed by atoms with E-state index in [1.165, 1.54) is 0 Å². The van der Waals surface area contributed by atoms with Crippen LogP contribution in [0.2, 0.25) is 0 Å². The number of ether oxygens (including phenoxy) is 4. The van der Waals surface area contributed by atoms with E-state index in [4.69, 9.17) is 24.1 Å². The highest BCUT2D eigenvalue weighted by molar-refractivity contribution is 5.51. The smallest absolute Gasteiger partial charge is 0.203 e. The molecule has 114 valence electrons. The number of aliphatic hydroxyl groups is 1. The van der Waals surface area contributed by atoms with E-state index in [0.29, 0.717) is 50.2 Å². The summed E-state index contributed by atoms with van der Waals surface area (Å²) in [6.07, 6.45) is 0. The lowest BCUT2D eigenvalue weighted by molar-refractivity contribution is 0.0988. The van der Waals surface area contributed by atoms with Crippen LogP contribution in [-0.4, -0.2) is 58.8 Å². The van der Waals surface area contributed by atoms with Gasteiger partial charge in [0.2, 0.25) is 5.75 Å². The van der Waals surface area contributed by atoms with Crippen molar-refractivity contribution in [2.24, 2.45) is 0 Å². The number of benzene rings is 1. The van der Waals surface area contributed by atoms with Gasteiger partial charge >= 0.3 is 0 Å². The topological polar surface area (TPSA) is 69.2 Å². The van der Waals surface area contributed by atoms with E-state index in [2.05, 4.69) is 5.32 Å². The number of hydrogen-bond donors (Lipinski definition) is 2. The van der Waals surface area contributed by atoms with Crippen LogP contribution in [0.15, 0.2) is 18.2 Å². The highest BCUT2D eigenvalue weighted by Gasteiger charge is 2.10. The van der Waals surface area contributed by atoms with E-state index >= 15 is 0 Å². The summed E-state index contributed by atoms with van der Waals surface area (Å²) in [5, 5.41) is 11.6. The van der Waals surface area contributed by atoms with Crippen molar-refractivity contribution in [1.82, 2.24) is 5.32 Å². The fourth-order valence-electron chi connectivity index (χ4n) is 1.61. The third-order valence-corrected chi connectivity index (χ3v) is 2.57. The van der Waals surface area contributed by atoms with E-state index < -0.39 is 0 Å². The molecule has 0 aliphatic carbocycles. The molecular formula is C14H23NO5. The highest BCUT2D eigenvalue weighted by atomic mass is 16.6. The molecule has 20 heavy (non-hydrogen) atoms. The second kappa shape index (κ2) is 10.3. The minimum absolute atomic E-state index is 0.136. The number of para-hydroxylation sites is 1. The van der Waals surface area contributed by atoms with Crippen LogP contribution in [0.3, 0.4) is 0 Å². The van der Waals surface area contributed by atoms with E-state index in [1.54, 1.807) is 14.2 Å². The second-order valence-corrected chi connectivity index (χ2v) is 3.93. The summed E-state index contributed by atoms with van der Waals surface area (Å²) in [5.41, 5.74) is 0. The van der Waals surface area contributed by atoms with Crippen molar-refractivity contribution in [2.75, 3.05) is 53.7 Å². The molecule has 6 heteroatoms. The maximum atomic E-state index is 8.58. The van der Waals surface area contributed by atoms with Crippen LogP contribution in [-0.2, 0) is 4.74 Å². The Labute approximate surface area is 119 Å². The van der Waals surface area contributed by atoms with Crippen molar-refractivity contribution in [2.45, 2.75) is 0 Å². The SMILES string of the molecule is COc1cccc(OC)c1OCCOCCNCCO. The van der Waals surface area contributed by atoms with Crippen LogP contribution in [0.25, 0.3) is 0 Å². The molecule has 0 aliphatic heterocycles. The number of nitrogens with one attached hydrogen (secondary N) is 1. The highest BCUT2D eigenvalue weighted by Crippen LogP contribution is 2.36. The summed E-state index contributed by atoms with van der Waals surface area (Å²) in [6.45, 7) is 2.89. The van der Waals surface area contributed by atoms with Crippen LogP contribution in [0.5, 0.6) is 17.2 Å². The van der Waals surface area contributed by atoms with Crippen LogP contribution in [0.1, 0.15) is 0 Å². The predicted molar refractivity (Wildman–Crippen MR) is 75.8 cm³/mol. The Bertz CT molecular complexity index is 350. The number of hydrogen-bond acceptors (Lipinski definition) is 6. The first-order chi connectivity index (χ1) is 9.83. The van der Waals surface area contributed by atoms with Gasteiger partial charge in [0, 0.05) is 13.1 Å². The minimum Gasteiger partial charge on any atom is -0.493 e. The van der Waals surface area contributed by atoms with E-state index in [-0.39, 0.29) is 6.61 Å². The van der Waals surface area contributed by atoms with E-state index in [9.17, 15) is 0 Å². The van der Waals surface area contributed by atoms with Gasteiger partial charge < -0.3 is 29.4 Å². The average molecular weight is 285 g/mol. The van der Waals surface area contributed by atoms with Gasteiger partial charge in [0.1, 0.15) is 6.61 Å². The zero-order valence-electron chi connectivity index (χ0n) is 12.1. The molecule has 2 N–H and O–H groups in total. The number of aliphatic hydroxyl groups excluding tert-OH is 1. The molecule has 0 aromatic heterocycles. The molecule has 0 bridgehead atoms. The molecule has 1 aromatic rings. The Morgan fingerprint density at radius 2 is 1.70 bits per heavy atom. The normalized spacial score (nSPS) is 10.3. The maximum absolute atomic E-state index is 8.58.